The highest BCUT2D eigenvalue weighted by Crippen LogP contribution is 2.16. The molecule has 4 atom stereocenters. The zero-order valence-electron chi connectivity index (χ0n) is 18.5. The van der Waals surface area contributed by atoms with E-state index in [0.717, 1.165) is 25.0 Å². The number of hydrogen-bond acceptors (Lipinski definition) is 6. The van der Waals surface area contributed by atoms with Crippen LogP contribution in [-0.2, 0) is 28.7 Å². The largest absolute Gasteiger partial charge is 0.448 e. The Kier molecular flexibility index (Phi) is 8.95. The van der Waals surface area contributed by atoms with E-state index in [4.69, 9.17) is 9.47 Å². The summed E-state index contributed by atoms with van der Waals surface area (Å²) >= 11 is 0. The number of esters is 2. The first-order valence-electron chi connectivity index (χ1n) is 10.2. The Labute approximate surface area is 187 Å². The predicted octanol–water partition coefficient (Wildman–Crippen LogP) is 2.60. The van der Waals surface area contributed by atoms with E-state index >= 15 is 0 Å². The van der Waals surface area contributed by atoms with Crippen LogP contribution in [0.1, 0.15) is 50.9 Å². The molecule has 0 unspecified atom stereocenters. The van der Waals surface area contributed by atoms with E-state index < -0.39 is 48.0 Å². The van der Waals surface area contributed by atoms with Gasteiger partial charge in [0, 0.05) is 13.8 Å². The van der Waals surface area contributed by atoms with Crippen molar-refractivity contribution < 1.29 is 28.7 Å². The van der Waals surface area contributed by atoms with Gasteiger partial charge in [-0.05, 0) is 25.0 Å². The van der Waals surface area contributed by atoms with Gasteiger partial charge in [-0.3, -0.25) is 19.2 Å². The topological polar surface area (TPSA) is 111 Å². The lowest BCUT2D eigenvalue weighted by Gasteiger charge is -2.27. The second kappa shape index (κ2) is 11.6. The monoisotopic (exact) mass is 440 g/mol. The van der Waals surface area contributed by atoms with Crippen LogP contribution in [0.4, 0.5) is 0 Å². The van der Waals surface area contributed by atoms with Crippen molar-refractivity contribution in [2.75, 3.05) is 0 Å². The molecule has 2 N–H and O–H groups in total. The third kappa shape index (κ3) is 7.23. The molecular formula is C24H28N2O6. The molecule has 2 rings (SSSR count). The maximum atomic E-state index is 13.0. The lowest BCUT2D eigenvalue weighted by molar-refractivity contribution is -0.175. The fourth-order valence-electron chi connectivity index (χ4n) is 3.10. The Morgan fingerprint density at radius 3 is 1.22 bits per heavy atom. The molecule has 2 aromatic carbocycles. The number of ether oxygens (including phenoxy) is 2. The molecule has 0 aliphatic carbocycles. The van der Waals surface area contributed by atoms with E-state index in [9.17, 15) is 19.2 Å². The maximum absolute atomic E-state index is 13.0. The van der Waals surface area contributed by atoms with Gasteiger partial charge in [0.25, 0.3) is 11.8 Å². The highest BCUT2D eigenvalue weighted by atomic mass is 16.6. The maximum Gasteiger partial charge on any atom is 0.303 e. The van der Waals surface area contributed by atoms with Gasteiger partial charge in [-0.25, -0.2) is 0 Å². The van der Waals surface area contributed by atoms with E-state index in [1.807, 2.05) is 60.7 Å². The summed E-state index contributed by atoms with van der Waals surface area (Å²) in [5.41, 5.74) is 1.63. The van der Waals surface area contributed by atoms with Gasteiger partial charge in [0.1, 0.15) is 0 Å². The van der Waals surface area contributed by atoms with Gasteiger partial charge in [0.05, 0.1) is 12.1 Å². The lowest BCUT2D eigenvalue weighted by atomic mass is 10.1. The number of amides is 2. The minimum atomic E-state index is -1.66. The first kappa shape index (κ1) is 24.6. The number of nitrogens with one attached hydrogen (secondary N) is 2. The number of carbonyl (C=O) groups excluding carboxylic acids is 4. The van der Waals surface area contributed by atoms with E-state index in [1.54, 1.807) is 13.8 Å². The predicted molar refractivity (Wildman–Crippen MR) is 117 cm³/mol. The molecule has 32 heavy (non-hydrogen) atoms. The van der Waals surface area contributed by atoms with E-state index in [1.165, 1.54) is 0 Å². The Bertz CT molecular complexity index is 855. The Morgan fingerprint density at radius 2 is 0.938 bits per heavy atom. The van der Waals surface area contributed by atoms with Crippen molar-refractivity contribution in [2.45, 2.75) is 52.0 Å². The quantitative estimate of drug-likeness (QED) is 0.580. The summed E-state index contributed by atoms with van der Waals surface area (Å²) in [5.74, 6) is -3.10. The molecule has 0 aliphatic rings. The Hall–Kier alpha value is -3.68. The average Bonchev–Trinajstić information content (AvgIpc) is 2.76. The van der Waals surface area contributed by atoms with Crippen molar-refractivity contribution >= 4 is 23.8 Å². The summed E-state index contributed by atoms with van der Waals surface area (Å²) in [6.45, 7) is 5.71. The summed E-state index contributed by atoms with van der Waals surface area (Å²) < 4.78 is 10.3. The number of hydrogen-bond donors (Lipinski definition) is 2. The molecular weight excluding hydrogens is 412 g/mol. The second-order valence-corrected chi connectivity index (χ2v) is 7.34. The van der Waals surface area contributed by atoms with E-state index in [-0.39, 0.29) is 0 Å². The minimum Gasteiger partial charge on any atom is -0.448 e. The zero-order chi connectivity index (χ0) is 23.7. The summed E-state index contributed by atoms with van der Waals surface area (Å²) in [6, 6.07) is 17.4. The van der Waals surface area contributed by atoms with Crippen LogP contribution in [-0.4, -0.2) is 36.0 Å². The van der Waals surface area contributed by atoms with Crippen LogP contribution >= 0.6 is 0 Å². The van der Waals surface area contributed by atoms with Crippen molar-refractivity contribution in [3.63, 3.8) is 0 Å². The normalized spacial score (nSPS) is 14.2. The fraction of sp³-hybridized carbons (Fsp3) is 0.333. The molecule has 8 heteroatoms. The van der Waals surface area contributed by atoms with E-state index in [2.05, 4.69) is 10.6 Å². The van der Waals surface area contributed by atoms with Crippen molar-refractivity contribution in [2.24, 2.45) is 0 Å². The summed E-state index contributed by atoms with van der Waals surface area (Å²) in [4.78, 5) is 49.4. The fourth-order valence-corrected chi connectivity index (χ4v) is 3.10. The molecule has 0 spiro atoms. The highest BCUT2D eigenvalue weighted by molar-refractivity contribution is 5.93. The van der Waals surface area contributed by atoms with Gasteiger partial charge >= 0.3 is 11.9 Å². The molecule has 0 aromatic heterocycles. The van der Waals surface area contributed by atoms with Crippen molar-refractivity contribution in [3.8, 4) is 0 Å². The molecule has 2 amide bonds. The van der Waals surface area contributed by atoms with Crippen LogP contribution in [0.5, 0.6) is 0 Å². The third-order valence-corrected chi connectivity index (χ3v) is 4.69. The lowest BCUT2D eigenvalue weighted by Crippen LogP contribution is -2.53. The number of carbonyl (C=O) groups is 4. The van der Waals surface area contributed by atoms with Crippen LogP contribution in [0.2, 0.25) is 0 Å². The molecule has 0 saturated heterocycles. The first-order valence-corrected chi connectivity index (χ1v) is 10.2. The third-order valence-electron chi connectivity index (χ3n) is 4.69. The van der Waals surface area contributed by atoms with Crippen molar-refractivity contribution in [1.29, 1.82) is 0 Å². The molecule has 0 radical (unpaired) electrons. The highest BCUT2D eigenvalue weighted by Gasteiger charge is 2.40. The SMILES string of the molecule is CC(=O)O[C@H](C(=O)N[C@H](C)c1ccccc1)[C@H](OC(C)=O)C(=O)N[C@H](C)c1ccccc1. The molecule has 2 aromatic rings. The van der Waals surface area contributed by atoms with Crippen LogP contribution in [0.15, 0.2) is 60.7 Å². The van der Waals surface area contributed by atoms with Gasteiger partial charge in [0.15, 0.2) is 0 Å². The number of rotatable bonds is 9. The zero-order valence-corrected chi connectivity index (χ0v) is 18.5. The van der Waals surface area contributed by atoms with Crippen LogP contribution < -0.4 is 10.6 Å². The minimum absolute atomic E-state index is 0.439. The molecule has 0 aliphatic heterocycles. The van der Waals surface area contributed by atoms with Crippen molar-refractivity contribution in [3.05, 3.63) is 71.8 Å². The number of benzene rings is 2. The molecule has 0 saturated carbocycles. The van der Waals surface area contributed by atoms with E-state index in [0.29, 0.717) is 0 Å². The van der Waals surface area contributed by atoms with Crippen LogP contribution in [0, 0.1) is 0 Å². The van der Waals surface area contributed by atoms with Gasteiger partial charge < -0.3 is 20.1 Å². The second-order valence-electron chi connectivity index (χ2n) is 7.34. The Morgan fingerprint density at radius 1 is 0.625 bits per heavy atom. The van der Waals surface area contributed by atoms with Crippen LogP contribution in [0.3, 0.4) is 0 Å². The molecule has 170 valence electrons. The first-order chi connectivity index (χ1) is 15.2. The van der Waals surface area contributed by atoms with Gasteiger partial charge in [-0.15, -0.1) is 0 Å². The molecule has 0 fully saturated rings. The van der Waals surface area contributed by atoms with Gasteiger partial charge in [0.2, 0.25) is 12.2 Å². The molecule has 8 nitrogen and oxygen atoms in total. The molecule has 0 heterocycles. The summed E-state index contributed by atoms with van der Waals surface area (Å²) in [6.07, 6.45) is -3.32. The smallest absolute Gasteiger partial charge is 0.303 e. The van der Waals surface area contributed by atoms with Gasteiger partial charge in [-0.2, -0.15) is 0 Å². The van der Waals surface area contributed by atoms with Crippen molar-refractivity contribution in [1.82, 2.24) is 10.6 Å². The van der Waals surface area contributed by atoms with Gasteiger partial charge in [-0.1, -0.05) is 60.7 Å². The average molecular weight is 440 g/mol. The summed E-state index contributed by atoms with van der Waals surface area (Å²) in [5, 5.41) is 5.42. The molecule has 0 bridgehead atoms. The Balaban J connectivity index is 2.24. The summed E-state index contributed by atoms with van der Waals surface area (Å²) in [7, 11) is 0. The standard InChI is InChI=1S/C24H28N2O6/c1-15(19-11-7-5-8-12-19)25-23(29)21(31-17(3)27)22(32-18(4)28)24(30)26-16(2)20-13-9-6-10-14-20/h5-16,21-22H,1-4H3,(H,25,29)(H,26,30)/t15-,16-,21+,22+/m1/s1. The van der Waals surface area contributed by atoms with Crippen LogP contribution in [0.25, 0.3) is 0 Å².